The van der Waals surface area contributed by atoms with Crippen LogP contribution in [0.3, 0.4) is 0 Å². The summed E-state index contributed by atoms with van der Waals surface area (Å²) in [5.74, 6) is 0.426. The number of ether oxygens (including phenoxy) is 3. The first-order valence-electron chi connectivity index (χ1n) is 28.7. The minimum absolute atomic E-state index is 0.0134. The Morgan fingerprint density at radius 1 is 0.418 bits per heavy atom. The molecule has 0 aliphatic carbocycles. The molecule has 0 bridgehead atoms. The summed E-state index contributed by atoms with van der Waals surface area (Å²) in [5.41, 5.74) is 0. The molecule has 3 N–H and O–H groups in total. The van der Waals surface area contributed by atoms with Gasteiger partial charge in [0.25, 0.3) is 0 Å². The van der Waals surface area contributed by atoms with E-state index in [2.05, 4.69) is 58.7 Å². The Balaban J connectivity index is 0. The average Bonchev–Trinajstić information content (AvgIpc) is 3.30. The van der Waals surface area contributed by atoms with Crippen LogP contribution in [0.4, 0.5) is 0 Å². The van der Waals surface area contributed by atoms with E-state index in [-0.39, 0.29) is 56.0 Å². The first kappa shape index (κ1) is 67.3. The third-order valence-corrected chi connectivity index (χ3v) is 12.7. The number of hydrogen-bond donors (Lipinski definition) is 3. The van der Waals surface area contributed by atoms with Crippen molar-refractivity contribution < 1.29 is 38.8 Å². The summed E-state index contributed by atoms with van der Waals surface area (Å²) in [5, 5.41) is 22.5. The van der Waals surface area contributed by atoms with Crippen molar-refractivity contribution in [3.63, 3.8) is 0 Å². The molecule has 67 heavy (non-hydrogen) atoms. The molecule has 400 valence electrons. The molecule has 2 atom stereocenters. The molecule has 0 aromatic rings. The Labute approximate surface area is 415 Å². The Morgan fingerprint density at radius 3 is 1.00 bits per heavy atom. The lowest BCUT2D eigenvalue weighted by molar-refractivity contribution is -0.145. The fraction of sp³-hybridized carbons (Fsp3) is 0.947. The molecule has 10 nitrogen and oxygen atoms in total. The zero-order valence-electron chi connectivity index (χ0n) is 45.5. The van der Waals surface area contributed by atoms with Crippen molar-refractivity contribution in [3.05, 3.63) is 0 Å². The molecule has 0 saturated heterocycles. The van der Waals surface area contributed by atoms with Crippen LogP contribution in [0.25, 0.3) is 0 Å². The van der Waals surface area contributed by atoms with E-state index in [9.17, 15) is 24.6 Å². The number of rotatable bonds is 50. The Kier molecular flexibility index (Phi) is 53.9. The molecule has 0 spiro atoms. The number of carbonyl (C=O) groups is 3. The summed E-state index contributed by atoms with van der Waals surface area (Å²) < 4.78 is 16.2. The second-order valence-corrected chi connectivity index (χ2v) is 20.4. The van der Waals surface area contributed by atoms with Crippen molar-refractivity contribution >= 4 is 17.9 Å². The number of hydrogen-bond acceptors (Lipinski definition) is 10. The number of nitrogens with one attached hydrogen (secondary N) is 1. The summed E-state index contributed by atoms with van der Waals surface area (Å²) >= 11 is 0. The zero-order chi connectivity index (χ0) is 49.9. The molecule has 0 aliphatic rings. The van der Waals surface area contributed by atoms with Gasteiger partial charge in [-0.1, -0.05) is 222 Å². The van der Waals surface area contributed by atoms with E-state index in [1.54, 1.807) is 0 Å². The molecule has 0 saturated carbocycles. The molecule has 0 fully saturated rings. The lowest BCUT2D eigenvalue weighted by atomic mass is 10.0. The van der Waals surface area contributed by atoms with E-state index in [1.807, 2.05) is 0 Å². The predicted octanol–water partition coefficient (Wildman–Crippen LogP) is 14.2. The monoisotopic (exact) mass is 955 g/mol. The second-order valence-electron chi connectivity index (χ2n) is 20.4. The molecule has 0 rings (SSSR count). The highest BCUT2D eigenvalue weighted by Crippen LogP contribution is 2.16. The van der Waals surface area contributed by atoms with Gasteiger partial charge in [0.15, 0.2) is 0 Å². The molecule has 0 heterocycles. The van der Waals surface area contributed by atoms with Crippen LogP contribution in [-0.2, 0) is 28.6 Å². The number of carbonyl (C=O) groups excluding carboxylic acids is 3. The quantitative estimate of drug-likeness (QED) is 0.0307. The first-order chi connectivity index (χ1) is 32.5. The maximum absolute atomic E-state index is 12.4. The standard InChI is InChI=1S/C36H71NO5.C21H43NO3/c1-5-7-9-11-13-15-17-19-21-23-29-41-35(39)25-27-37(34(32-38)31-33(3)4)28-26-36(40)42-30-24-22-20-18-16-14-12-10-8-6-2;1-4-5-6-7-8-9-10-11-12-13-16-25-21(24)14-15-22-20(18-23)17-19(2)3/h33-34,38H,5-32H2,1-4H3;19-20,22-23H,4-18H2,1-3H3/t34-;20-/m11/s1. The molecule has 0 aliphatic heterocycles. The van der Waals surface area contributed by atoms with Crippen molar-refractivity contribution in [2.75, 3.05) is 52.7 Å². The van der Waals surface area contributed by atoms with Gasteiger partial charge in [0, 0.05) is 31.7 Å². The number of unbranched alkanes of at least 4 members (excludes halogenated alkanes) is 27. The molecule has 0 radical (unpaired) electrons. The lowest BCUT2D eigenvalue weighted by Gasteiger charge is -2.31. The van der Waals surface area contributed by atoms with Gasteiger partial charge in [-0.05, 0) is 43.9 Å². The van der Waals surface area contributed by atoms with Gasteiger partial charge in [-0.2, -0.15) is 0 Å². The Bertz CT molecular complexity index is 1000. The van der Waals surface area contributed by atoms with Crippen LogP contribution >= 0.6 is 0 Å². The Morgan fingerprint density at radius 2 is 0.716 bits per heavy atom. The van der Waals surface area contributed by atoms with E-state index >= 15 is 0 Å². The molecule has 0 unspecified atom stereocenters. The van der Waals surface area contributed by atoms with Gasteiger partial charge in [-0.3, -0.25) is 19.3 Å². The predicted molar refractivity (Wildman–Crippen MR) is 282 cm³/mol. The molecule has 0 aromatic carbocycles. The number of aliphatic hydroxyl groups excluding tert-OH is 2. The normalized spacial score (nSPS) is 12.4. The van der Waals surface area contributed by atoms with Crippen molar-refractivity contribution in [1.82, 2.24) is 10.2 Å². The Hall–Kier alpha value is -1.75. The molecular formula is C57H114N2O8. The topological polar surface area (TPSA) is 135 Å². The van der Waals surface area contributed by atoms with Crippen LogP contribution in [0.2, 0.25) is 0 Å². The lowest BCUT2D eigenvalue weighted by Crippen LogP contribution is -2.41. The fourth-order valence-corrected chi connectivity index (χ4v) is 8.54. The second kappa shape index (κ2) is 53.6. The maximum atomic E-state index is 12.4. The summed E-state index contributed by atoms with van der Waals surface area (Å²) in [6.45, 7) is 18.5. The molecule has 0 amide bonds. The summed E-state index contributed by atoms with van der Waals surface area (Å²) in [4.78, 5) is 38.6. The maximum Gasteiger partial charge on any atom is 0.307 e. The van der Waals surface area contributed by atoms with Gasteiger partial charge in [0.05, 0.1) is 52.3 Å². The minimum Gasteiger partial charge on any atom is -0.466 e. The SMILES string of the molecule is CCCCCCCCCCCCOC(=O)CCN(CCC(=O)OCCCCCCCCCCCC)[C@@H](CO)CC(C)C.CCCCCCCCCCCCOC(=O)CCN[C@@H](CO)CC(C)C. The summed E-state index contributed by atoms with van der Waals surface area (Å²) in [6.07, 6.45) is 40.6. The van der Waals surface area contributed by atoms with Crippen LogP contribution in [0.15, 0.2) is 0 Å². The van der Waals surface area contributed by atoms with Gasteiger partial charge in [0.2, 0.25) is 0 Å². The highest BCUT2D eigenvalue weighted by molar-refractivity contribution is 5.70. The van der Waals surface area contributed by atoms with Gasteiger partial charge < -0.3 is 29.7 Å². The van der Waals surface area contributed by atoms with Crippen LogP contribution in [0, 0.1) is 11.8 Å². The fourth-order valence-electron chi connectivity index (χ4n) is 8.54. The van der Waals surface area contributed by atoms with E-state index in [0.29, 0.717) is 57.7 Å². The molecular weight excluding hydrogens is 841 g/mol. The van der Waals surface area contributed by atoms with Gasteiger partial charge in [0.1, 0.15) is 0 Å². The van der Waals surface area contributed by atoms with Crippen LogP contribution in [-0.4, -0.2) is 97.8 Å². The van der Waals surface area contributed by atoms with Crippen molar-refractivity contribution in [3.8, 4) is 0 Å². The van der Waals surface area contributed by atoms with Gasteiger partial charge in [-0.25, -0.2) is 0 Å². The number of nitrogens with zero attached hydrogens (tertiary/aromatic N) is 1. The van der Waals surface area contributed by atoms with Crippen molar-refractivity contribution in [2.24, 2.45) is 11.8 Å². The van der Waals surface area contributed by atoms with E-state index < -0.39 is 0 Å². The third-order valence-electron chi connectivity index (χ3n) is 12.7. The summed E-state index contributed by atoms with van der Waals surface area (Å²) in [7, 11) is 0. The van der Waals surface area contributed by atoms with Crippen molar-refractivity contribution in [1.29, 1.82) is 0 Å². The van der Waals surface area contributed by atoms with E-state index in [0.717, 1.165) is 51.4 Å². The minimum atomic E-state index is -0.194. The molecule has 0 aromatic heterocycles. The zero-order valence-corrected chi connectivity index (χ0v) is 45.5. The van der Waals surface area contributed by atoms with Crippen molar-refractivity contribution in [2.45, 2.75) is 285 Å². The largest absolute Gasteiger partial charge is 0.466 e. The van der Waals surface area contributed by atoms with Crippen LogP contribution < -0.4 is 5.32 Å². The van der Waals surface area contributed by atoms with Gasteiger partial charge in [-0.15, -0.1) is 0 Å². The van der Waals surface area contributed by atoms with Crippen LogP contribution in [0.1, 0.15) is 273 Å². The average molecular weight is 956 g/mol. The van der Waals surface area contributed by atoms with Crippen LogP contribution in [0.5, 0.6) is 0 Å². The summed E-state index contributed by atoms with van der Waals surface area (Å²) in [6, 6.07) is 0.00400. The first-order valence-corrected chi connectivity index (χ1v) is 28.7. The number of aliphatic hydroxyl groups is 2. The number of esters is 3. The third kappa shape index (κ3) is 51.9. The van der Waals surface area contributed by atoms with E-state index in [1.165, 1.54) is 154 Å². The highest BCUT2D eigenvalue weighted by atomic mass is 16.5. The smallest absolute Gasteiger partial charge is 0.307 e. The van der Waals surface area contributed by atoms with Gasteiger partial charge >= 0.3 is 17.9 Å². The van der Waals surface area contributed by atoms with E-state index in [4.69, 9.17) is 14.2 Å². The highest BCUT2D eigenvalue weighted by Gasteiger charge is 2.21. The molecule has 10 heteroatoms.